The third-order valence-corrected chi connectivity index (χ3v) is 6.45. The van der Waals surface area contributed by atoms with Crippen molar-refractivity contribution in [2.45, 2.75) is 38.8 Å². The summed E-state index contributed by atoms with van der Waals surface area (Å²) in [5.41, 5.74) is 4.21. The van der Waals surface area contributed by atoms with Crippen molar-refractivity contribution in [1.29, 1.82) is 0 Å². The first kappa shape index (κ1) is 23.2. The Morgan fingerprint density at radius 1 is 1.20 bits per heavy atom. The van der Waals surface area contributed by atoms with E-state index in [0.717, 1.165) is 53.7 Å². The molecule has 1 unspecified atom stereocenters. The standard InChI is InChI=1S/C26H28ClN5O3/c1-2-13-35-26(33)32-12-10-21-22-15-19(27)6-9-23(22)30-24(21)25(32)18-4-7-20(8-5-18)34-14-3-11-31-17-28-16-29-31/h4-9,15-17,25,30H,2-3,10-14H2,1H3. The number of H-pyrrole nitrogens is 1. The molecule has 4 aromatic rings. The average molecular weight is 494 g/mol. The van der Waals surface area contributed by atoms with Gasteiger partial charge in [0.2, 0.25) is 0 Å². The summed E-state index contributed by atoms with van der Waals surface area (Å²) in [4.78, 5) is 22.3. The van der Waals surface area contributed by atoms with Crippen LogP contribution >= 0.6 is 11.6 Å². The number of aromatic amines is 1. The molecule has 0 spiro atoms. The van der Waals surface area contributed by atoms with E-state index >= 15 is 0 Å². The summed E-state index contributed by atoms with van der Waals surface area (Å²) in [5.74, 6) is 0.784. The van der Waals surface area contributed by atoms with Gasteiger partial charge in [-0.1, -0.05) is 30.7 Å². The summed E-state index contributed by atoms with van der Waals surface area (Å²) in [5, 5.41) is 5.90. The maximum Gasteiger partial charge on any atom is 0.410 e. The lowest BCUT2D eigenvalue weighted by molar-refractivity contribution is 0.0889. The van der Waals surface area contributed by atoms with Gasteiger partial charge in [0.05, 0.1) is 13.2 Å². The lowest BCUT2D eigenvalue weighted by atomic mass is 9.92. The number of nitrogens with one attached hydrogen (secondary N) is 1. The minimum absolute atomic E-state index is 0.282. The average Bonchev–Trinajstić information content (AvgIpc) is 3.52. The molecule has 0 radical (unpaired) electrons. The predicted molar refractivity (Wildman–Crippen MR) is 134 cm³/mol. The van der Waals surface area contributed by atoms with Crippen LogP contribution in [0.5, 0.6) is 5.75 Å². The molecular formula is C26H28ClN5O3. The number of rotatable bonds is 8. The number of carbonyl (C=O) groups excluding carboxylic acids is 1. The number of aromatic nitrogens is 4. The summed E-state index contributed by atoms with van der Waals surface area (Å²) < 4.78 is 13.2. The number of ether oxygens (including phenoxy) is 2. The molecule has 1 aliphatic heterocycles. The molecule has 1 atom stereocenters. The van der Waals surface area contributed by atoms with Gasteiger partial charge >= 0.3 is 6.09 Å². The zero-order valence-corrected chi connectivity index (χ0v) is 20.4. The van der Waals surface area contributed by atoms with Crippen molar-refractivity contribution >= 4 is 28.6 Å². The van der Waals surface area contributed by atoms with Crippen molar-refractivity contribution in [3.63, 3.8) is 0 Å². The number of carbonyl (C=O) groups is 1. The lowest BCUT2D eigenvalue weighted by Crippen LogP contribution is -2.41. The molecule has 35 heavy (non-hydrogen) atoms. The molecule has 1 N–H and O–H groups in total. The number of benzene rings is 2. The molecule has 1 aliphatic rings. The van der Waals surface area contributed by atoms with Gasteiger partial charge < -0.3 is 14.5 Å². The first-order valence-electron chi connectivity index (χ1n) is 11.9. The van der Waals surface area contributed by atoms with Crippen molar-refractivity contribution < 1.29 is 14.3 Å². The lowest BCUT2D eigenvalue weighted by Gasteiger charge is -2.35. The Balaban J connectivity index is 1.38. The van der Waals surface area contributed by atoms with Crippen molar-refractivity contribution in [1.82, 2.24) is 24.6 Å². The molecule has 2 aromatic carbocycles. The van der Waals surface area contributed by atoms with Gasteiger partial charge in [-0.15, -0.1) is 0 Å². The molecule has 5 rings (SSSR count). The zero-order valence-electron chi connectivity index (χ0n) is 19.6. The maximum atomic E-state index is 13.0. The van der Waals surface area contributed by atoms with Gasteiger partial charge in [0.15, 0.2) is 0 Å². The van der Waals surface area contributed by atoms with Crippen LogP contribution in [0, 0.1) is 0 Å². The molecule has 1 amide bonds. The Bertz CT molecular complexity index is 1290. The van der Waals surface area contributed by atoms with Crippen LogP contribution in [0.2, 0.25) is 5.02 Å². The van der Waals surface area contributed by atoms with Gasteiger partial charge in [-0.3, -0.25) is 9.58 Å². The zero-order chi connectivity index (χ0) is 24.2. The van der Waals surface area contributed by atoms with Gasteiger partial charge in [0.25, 0.3) is 0 Å². The summed E-state index contributed by atoms with van der Waals surface area (Å²) in [6, 6.07) is 13.5. The van der Waals surface area contributed by atoms with E-state index in [4.69, 9.17) is 21.1 Å². The number of nitrogens with zero attached hydrogens (tertiary/aromatic N) is 4. The van der Waals surface area contributed by atoms with Gasteiger partial charge in [-0.05, 0) is 54.3 Å². The molecule has 0 fully saturated rings. The molecule has 9 heteroatoms. The van der Waals surface area contributed by atoms with E-state index in [1.54, 1.807) is 11.0 Å². The molecule has 0 aliphatic carbocycles. The van der Waals surface area contributed by atoms with Crippen molar-refractivity contribution in [3.05, 3.63) is 77.0 Å². The smallest absolute Gasteiger partial charge is 0.410 e. The minimum atomic E-state index is -0.298. The monoisotopic (exact) mass is 493 g/mol. The number of halogens is 1. The van der Waals surface area contributed by atoms with Crippen LogP contribution in [-0.2, 0) is 17.7 Å². The van der Waals surface area contributed by atoms with Gasteiger partial charge in [-0.2, -0.15) is 5.10 Å². The van der Waals surface area contributed by atoms with E-state index < -0.39 is 0 Å². The van der Waals surface area contributed by atoms with Crippen LogP contribution in [0.15, 0.2) is 55.1 Å². The van der Waals surface area contributed by atoms with Crippen LogP contribution in [-0.4, -0.2) is 50.5 Å². The molecule has 3 heterocycles. The number of amides is 1. The molecule has 2 aromatic heterocycles. The van der Waals surface area contributed by atoms with E-state index in [1.165, 1.54) is 11.9 Å². The van der Waals surface area contributed by atoms with E-state index in [2.05, 4.69) is 15.1 Å². The summed E-state index contributed by atoms with van der Waals surface area (Å²) in [6.07, 6.45) is 5.27. The topological polar surface area (TPSA) is 85.3 Å². The normalized spacial score (nSPS) is 15.3. The molecule has 182 valence electrons. The molecule has 0 saturated heterocycles. The Hall–Kier alpha value is -3.52. The highest BCUT2D eigenvalue weighted by molar-refractivity contribution is 6.31. The first-order chi connectivity index (χ1) is 17.1. The second kappa shape index (κ2) is 10.4. The molecule has 0 saturated carbocycles. The van der Waals surface area contributed by atoms with Crippen LogP contribution in [0.3, 0.4) is 0 Å². The van der Waals surface area contributed by atoms with Gasteiger partial charge in [0, 0.05) is 41.1 Å². The Morgan fingerprint density at radius 3 is 2.83 bits per heavy atom. The van der Waals surface area contributed by atoms with Gasteiger partial charge in [-0.25, -0.2) is 9.78 Å². The predicted octanol–water partition coefficient (Wildman–Crippen LogP) is 5.38. The summed E-state index contributed by atoms with van der Waals surface area (Å²) >= 11 is 6.29. The van der Waals surface area contributed by atoms with E-state index in [1.807, 2.05) is 54.3 Å². The second-order valence-corrected chi connectivity index (χ2v) is 9.03. The quantitative estimate of drug-likeness (QED) is 0.333. The molecule has 8 nitrogen and oxygen atoms in total. The third-order valence-electron chi connectivity index (χ3n) is 6.22. The van der Waals surface area contributed by atoms with Crippen LogP contribution in [0.4, 0.5) is 4.79 Å². The minimum Gasteiger partial charge on any atom is -0.494 e. The van der Waals surface area contributed by atoms with Gasteiger partial charge in [0.1, 0.15) is 24.4 Å². The number of fused-ring (bicyclic) bond motifs is 3. The van der Waals surface area contributed by atoms with Crippen LogP contribution in [0.25, 0.3) is 10.9 Å². The van der Waals surface area contributed by atoms with Crippen LogP contribution in [0.1, 0.15) is 42.6 Å². The SMILES string of the molecule is CCCOC(=O)N1CCc2c([nH]c3ccc(Cl)cc23)C1c1ccc(OCCCn2cncn2)cc1. The van der Waals surface area contributed by atoms with Crippen LogP contribution < -0.4 is 4.74 Å². The van der Waals surface area contributed by atoms with E-state index in [-0.39, 0.29) is 12.1 Å². The number of aryl methyl sites for hydroxylation is 1. The van der Waals surface area contributed by atoms with Crippen molar-refractivity contribution in [2.24, 2.45) is 0 Å². The fraction of sp³-hybridized carbons (Fsp3) is 0.346. The number of hydrogen-bond acceptors (Lipinski definition) is 5. The van der Waals surface area contributed by atoms with Crippen molar-refractivity contribution in [3.8, 4) is 5.75 Å². The first-order valence-corrected chi connectivity index (χ1v) is 12.3. The number of hydrogen-bond donors (Lipinski definition) is 1. The summed E-state index contributed by atoms with van der Waals surface area (Å²) in [7, 11) is 0. The third kappa shape index (κ3) is 4.98. The van der Waals surface area contributed by atoms with E-state index in [9.17, 15) is 4.79 Å². The second-order valence-electron chi connectivity index (χ2n) is 8.60. The Morgan fingerprint density at radius 2 is 2.06 bits per heavy atom. The fourth-order valence-corrected chi connectivity index (χ4v) is 4.76. The molecular weight excluding hydrogens is 466 g/mol. The Labute approximate surface area is 208 Å². The highest BCUT2D eigenvalue weighted by Gasteiger charge is 2.35. The molecule has 0 bridgehead atoms. The Kier molecular flexibility index (Phi) is 6.90. The van der Waals surface area contributed by atoms with E-state index in [0.29, 0.717) is 24.8 Å². The highest BCUT2D eigenvalue weighted by atomic mass is 35.5. The fourth-order valence-electron chi connectivity index (χ4n) is 4.59. The summed E-state index contributed by atoms with van der Waals surface area (Å²) in [6.45, 7) is 4.29. The maximum absolute atomic E-state index is 13.0. The largest absolute Gasteiger partial charge is 0.494 e. The highest BCUT2D eigenvalue weighted by Crippen LogP contribution is 2.39. The van der Waals surface area contributed by atoms with Crippen molar-refractivity contribution in [2.75, 3.05) is 19.8 Å².